The van der Waals surface area contributed by atoms with Crippen LogP contribution in [0.5, 0.6) is 5.88 Å². The molecule has 16 heavy (non-hydrogen) atoms. The molecular weight excluding hydrogens is 288 g/mol. The SMILES string of the molecule is FC(F)Oc1ccc(-c2nnc(Br)o2)cn1. The number of halogens is 3. The smallest absolute Gasteiger partial charge is 0.388 e. The maximum atomic E-state index is 11.8. The fourth-order valence-corrected chi connectivity index (χ4v) is 1.22. The summed E-state index contributed by atoms with van der Waals surface area (Å²) in [6.07, 6.45) is 1.30. The zero-order valence-corrected chi connectivity index (χ0v) is 9.19. The van der Waals surface area contributed by atoms with Crippen molar-refractivity contribution in [1.82, 2.24) is 15.2 Å². The highest BCUT2D eigenvalue weighted by Crippen LogP contribution is 2.21. The summed E-state index contributed by atoms with van der Waals surface area (Å²) in [5, 5.41) is 7.27. The molecule has 2 heterocycles. The molecule has 2 aromatic heterocycles. The number of hydrogen-bond donors (Lipinski definition) is 0. The lowest BCUT2D eigenvalue weighted by molar-refractivity contribution is -0.0528. The van der Waals surface area contributed by atoms with E-state index >= 15 is 0 Å². The van der Waals surface area contributed by atoms with Crippen LogP contribution in [0.15, 0.2) is 27.5 Å². The van der Waals surface area contributed by atoms with Gasteiger partial charge in [0.25, 0.3) is 4.80 Å². The minimum absolute atomic E-state index is 0.169. The third-order valence-corrected chi connectivity index (χ3v) is 1.91. The molecule has 0 N–H and O–H groups in total. The Morgan fingerprint density at radius 1 is 1.31 bits per heavy atom. The van der Waals surface area contributed by atoms with E-state index in [-0.39, 0.29) is 16.6 Å². The Labute approximate surface area is 96.6 Å². The van der Waals surface area contributed by atoms with Gasteiger partial charge in [-0.15, -0.1) is 10.2 Å². The number of ether oxygens (including phenoxy) is 1. The molecular formula is C8H4BrF2N3O2. The second kappa shape index (κ2) is 4.52. The molecule has 5 nitrogen and oxygen atoms in total. The zero-order chi connectivity index (χ0) is 11.5. The average molecular weight is 292 g/mol. The third-order valence-electron chi connectivity index (χ3n) is 1.59. The maximum Gasteiger partial charge on any atom is 0.388 e. The molecule has 0 fully saturated rings. The van der Waals surface area contributed by atoms with Crippen molar-refractivity contribution in [3.63, 3.8) is 0 Å². The molecule has 0 saturated heterocycles. The summed E-state index contributed by atoms with van der Waals surface area (Å²) >= 11 is 2.99. The number of aromatic nitrogens is 3. The number of alkyl halides is 2. The molecule has 2 rings (SSSR count). The standard InChI is InChI=1S/C8H4BrF2N3O2/c9-7-14-13-6(16-7)4-1-2-5(12-3-4)15-8(10)11/h1-3,8H. The molecule has 0 saturated carbocycles. The summed E-state index contributed by atoms with van der Waals surface area (Å²) in [4.78, 5) is 3.89. The Bertz CT molecular complexity index is 474. The first-order valence-electron chi connectivity index (χ1n) is 4.05. The van der Waals surface area contributed by atoms with Gasteiger partial charge in [0.05, 0.1) is 5.56 Å². The van der Waals surface area contributed by atoms with E-state index in [4.69, 9.17) is 4.42 Å². The molecule has 0 aliphatic heterocycles. The molecule has 0 aliphatic rings. The van der Waals surface area contributed by atoms with E-state index in [2.05, 4.69) is 35.8 Å². The van der Waals surface area contributed by atoms with Crippen molar-refractivity contribution in [2.45, 2.75) is 6.61 Å². The van der Waals surface area contributed by atoms with Crippen LogP contribution in [-0.4, -0.2) is 21.8 Å². The summed E-state index contributed by atoms with van der Waals surface area (Å²) in [6, 6.07) is 2.78. The highest BCUT2D eigenvalue weighted by atomic mass is 79.9. The summed E-state index contributed by atoms with van der Waals surface area (Å²) in [7, 11) is 0. The quantitative estimate of drug-likeness (QED) is 0.869. The third kappa shape index (κ3) is 2.51. The second-order valence-electron chi connectivity index (χ2n) is 2.62. The highest BCUT2D eigenvalue weighted by molar-refractivity contribution is 9.10. The van der Waals surface area contributed by atoms with Crippen molar-refractivity contribution in [3.8, 4) is 17.3 Å². The fraction of sp³-hybridized carbons (Fsp3) is 0.125. The van der Waals surface area contributed by atoms with Crippen LogP contribution >= 0.6 is 15.9 Å². The van der Waals surface area contributed by atoms with E-state index < -0.39 is 6.61 Å². The van der Waals surface area contributed by atoms with Crippen molar-refractivity contribution in [3.05, 3.63) is 23.1 Å². The first kappa shape index (κ1) is 10.9. The van der Waals surface area contributed by atoms with Crippen molar-refractivity contribution < 1.29 is 17.9 Å². The first-order valence-corrected chi connectivity index (χ1v) is 4.84. The van der Waals surface area contributed by atoms with Crippen LogP contribution in [0.2, 0.25) is 0 Å². The van der Waals surface area contributed by atoms with E-state index in [9.17, 15) is 8.78 Å². The molecule has 0 atom stereocenters. The molecule has 8 heteroatoms. The van der Waals surface area contributed by atoms with Gasteiger partial charge in [0.15, 0.2) is 0 Å². The first-order chi connectivity index (χ1) is 7.65. The lowest BCUT2D eigenvalue weighted by Crippen LogP contribution is -2.03. The number of hydrogen-bond acceptors (Lipinski definition) is 5. The van der Waals surface area contributed by atoms with Gasteiger partial charge < -0.3 is 9.15 Å². The maximum absolute atomic E-state index is 11.8. The normalized spacial score (nSPS) is 10.8. The van der Waals surface area contributed by atoms with Crippen LogP contribution in [0.25, 0.3) is 11.5 Å². The lowest BCUT2D eigenvalue weighted by Gasteiger charge is -2.02. The average Bonchev–Trinajstić information content (AvgIpc) is 2.65. The minimum atomic E-state index is -2.89. The Morgan fingerprint density at radius 3 is 2.62 bits per heavy atom. The van der Waals surface area contributed by atoms with Crippen LogP contribution in [-0.2, 0) is 0 Å². The molecule has 0 bridgehead atoms. The largest absolute Gasteiger partial charge is 0.417 e. The second-order valence-corrected chi connectivity index (χ2v) is 3.30. The summed E-state index contributed by atoms with van der Waals surface area (Å²) in [5.41, 5.74) is 0.514. The van der Waals surface area contributed by atoms with Crippen molar-refractivity contribution in [2.24, 2.45) is 0 Å². The Balaban J connectivity index is 2.19. The van der Waals surface area contributed by atoms with Crippen LogP contribution in [0.3, 0.4) is 0 Å². The lowest BCUT2D eigenvalue weighted by atomic mass is 10.3. The molecule has 0 aliphatic carbocycles. The molecule has 0 unspecified atom stereocenters. The fourth-order valence-electron chi connectivity index (χ4n) is 0.990. The van der Waals surface area contributed by atoms with Crippen LogP contribution in [0.4, 0.5) is 8.78 Å². The van der Waals surface area contributed by atoms with E-state index in [1.807, 2.05) is 0 Å². The topological polar surface area (TPSA) is 61.0 Å². The summed E-state index contributed by atoms with van der Waals surface area (Å²) in [6.45, 7) is -2.89. The van der Waals surface area contributed by atoms with Gasteiger partial charge in [-0.1, -0.05) is 0 Å². The van der Waals surface area contributed by atoms with E-state index in [0.717, 1.165) is 0 Å². The molecule has 84 valence electrons. The molecule has 0 spiro atoms. The van der Waals surface area contributed by atoms with Gasteiger partial charge in [-0.3, -0.25) is 0 Å². The van der Waals surface area contributed by atoms with Crippen LogP contribution < -0.4 is 4.74 Å². The van der Waals surface area contributed by atoms with Crippen molar-refractivity contribution in [2.75, 3.05) is 0 Å². The highest BCUT2D eigenvalue weighted by Gasteiger charge is 2.09. The van der Waals surface area contributed by atoms with Gasteiger partial charge >= 0.3 is 6.61 Å². The Kier molecular flexibility index (Phi) is 3.09. The van der Waals surface area contributed by atoms with Gasteiger partial charge in [-0.2, -0.15) is 8.78 Å². The molecule has 0 radical (unpaired) electrons. The van der Waals surface area contributed by atoms with Gasteiger partial charge in [-0.05, 0) is 6.07 Å². The predicted molar refractivity (Wildman–Crippen MR) is 51.9 cm³/mol. The molecule has 2 aromatic rings. The van der Waals surface area contributed by atoms with E-state index in [0.29, 0.717) is 5.56 Å². The number of rotatable bonds is 3. The monoisotopic (exact) mass is 291 g/mol. The zero-order valence-electron chi connectivity index (χ0n) is 7.60. The van der Waals surface area contributed by atoms with Gasteiger partial charge in [0.2, 0.25) is 11.8 Å². The van der Waals surface area contributed by atoms with Crippen molar-refractivity contribution in [1.29, 1.82) is 0 Å². The Morgan fingerprint density at radius 2 is 2.12 bits per heavy atom. The summed E-state index contributed by atoms with van der Waals surface area (Å²) < 4.78 is 32.8. The van der Waals surface area contributed by atoms with Crippen molar-refractivity contribution >= 4 is 15.9 Å². The van der Waals surface area contributed by atoms with Gasteiger partial charge in [0.1, 0.15) is 0 Å². The predicted octanol–water partition coefficient (Wildman–Crippen LogP) is 2.50. The van der Waals surface area contributed by atoms with Gasteiger partial charge in [0, 0.05) is 28.2 Å². The van der Waals surface area contributed by atoms with Crippen LogP contribution in [0.1, 0.15) is 0 Å². The Hall–Kier alpha value is -1.57. The van der Waals surface area contributed by atoms with Gasteiger partial charge in [-0.25, -0.2) is 4.98 Å². The molecule has 0 amide bonds. The number of nitrogens with zero attached hydrogens (tertiary/aromatic N) is 3. The van der Waals surface area contributed by atoms with E-state index in [1.165, 1.54) is 18.3 Å². The summed E-state index contributed by atoms with van der Waals surface area (Å²) in [5.74, 6) is 0.0697. The van der Waals surface area contributed by atoms with Crippen LogP contribution in [0, 0.1) is 0 Å². The van der Waals surface area contributed by atoms with E-state index in [1.54, 1.807) is 0 Å². The minimum Gasteiger partial charge on any atom is -0.417 e. The number of pyridine rings is 1. The molecule has 0 aromatic carbocycles.